The van der Waals surface area contributed by atoms with Gasteiger partial charge in [0.15, 0.2) is 11.5 Å². The molecule has 0 saturated heterocycles. The highest BCUT2D eigenvalue weighted by atomic mass is 16.7. The molecule has 1 heterocycles. The van der Waals surface area contributed by atoms with E-state index in [1.807, 2.05) is 38.1 Å². The van der Waals surface area contributed by atoms with Gasteiger partial charge in [0.2, 0.25) is 18.6 Å². The van der Waals surface area contributed by atoms with Crippen molar-refractivity contribution < 1.29 is 19.1 Å². The minimum Gasteiger partial charge on any atom is -0.454 e. The summed E-state index contributed by atoms with van der Waals surface area (Å²) in [6, 6.07) is 12.8. The summed E-state index contributed by atoms with van der Waals surface area (Å²) in [5.74, 6) is 0.617. The molecule has 1 N–H and O–H groups in total. The van der Waals surface area contributed by atoms with Gasteiger partial charge in [-0.3, -0.25) is 9.59 Å². The molecule has 3 rings (SSSR count). The number of anilines is 2. The van der Waals surface area contributed by atoms with Crippen molar-refractivity contribution in [1.29, 1.82) is 0 Å². The molecule has 2 aromatic carbocycles. The zero-order chi connectivity index (χ0) is 17.8. The molecule has 0 bridgehead atoms. The molecule has 130 valence electrons. The van der Waals surface area contributed by atoms with Crippen molar-refractivity contribution in [3.05, 3.63) is 48.0 Å². The second-order valence-electron chi connectivity index (χ2n) is 5.77. The van der Waals surface area contributed by atoms with Gasteiger partial charge in [-0.05, 0) is 43.7 Å². The Morgan fingerprint density at radius 1 is 1.12 bits per heavy atom. The summed E-state index contributed by atoms with van der Waals surface area (Å²) in [6.45, 7) is 4.52. The maximum absolute atomic E-state index is 12.5. The van der Waals surface area contributed by atoms with Gasteiger partial charge >= 0.3 is 0 Å². The van der Waals surface area contributed by atoms with Crippen molar-refractivity contribution in [1.82, 2.24) is 0 Å². The first-order chi connectivity index (χ1) is 12.1. The first-order valence-electron chi connectivity index (χ1n) is 8.13. The van der Waals surface area contributed by atoms with Crippen LogP contribution in [-0.2, 0) is 9.59 Å². The fraction of sp³-hybridized carbons (Fsp3) is 0.263. The van der Waals surface area contributed by atoms with E-state index >= 15 is 0 Å². The molecule has 0 saturated carbocycles. The Morgan fingerprint density at radius 3 is 2.68 bits per heavy atom. The van der Waals surface area contributed by atoms with Gasteiger partial charge in [0.25, 0.3) is 0 Å². The van der Waals surface area contributed by atoms with Gasteiger partial charge in [0.05, 0.1) is 0 Å². The molecule has 6 nitrogen and oxygen atoms in total. The number of rotatable bonds is 5. The molecule has 1 aliphatic heterocycles. The summed E-state index contributed by atoms with van der Waals surface area (Å²) in [5.41, 5.74) is 2.43. The average Bonchev–Trinajstić information content (AvgIpc) is 3.03. The smallest absolute Gasteiger partial charge is 0.236 e. The predicted molar refractivity (Wildman–Crippen MR) is 95.0 cm³/mol. The highest BCUT2D eigenvalue weighted by Crippen LogP contribution is 2.34. The zero-order valence-electron chi connectivity index (χ0n) is 14.2. The van der Waals surface area contributed by atoms with Crippen LogP contribution in [0.5, 0.6) is 11.5 Å². The number of nitrogens with zero attached hydrogens (tertiary/aromatic N) is 1. The van der Waals surface area contributed by atoms with E-state index in [1.165, 1.54) is 0 Å². The number of nitrogens with one attached hydrogen (secondary N) is 1. The average molecular weight is 340 g/mol. The zero-order valence-corrected chi connectivity index (χ0v) is 14.2. The Hall–Kier alpha value is -3.02. The summed E-state index contributed by atoms with van der Waals surface area (Å²) in [4.78, 5) is 26.3. The summed E-state index contributed by atoms with van der Waals surface area (Å²) in [5, 5.41) is 2.72. The quantitative estimate of drug-likeness (QED) is 0.849. The van der Waals surface area contributed by atoms with Crippen LogP contribution in [0.3, 0.4) is 0 Å². The molecule has 2 aromatic rings. The minimum atomic E-state index is -0.366. The maximum atomic E-state index is 12.5. The Kier molecular flexibility index (Phi) is 4.88. The summed E-state index contributed by atoms with van der Waals surface area (Å²) < 4.78 is 10.5. The topological polar surface area (TPSA) is 67.9 Å². The van der Waals surface area contributed by atoms with Crippen molar-refractivity contribution in [3.8, 4) is 11.5 Å². The third-order valence-corrected chi connectivity index (χ3v) is 3.90. The van der Waals surface area contributed by atoms with Crippen molar-refractivity contribution in [2.45, 2.75) is 20.3 Å². The van der Waals surface area contributed by atoms with Gasteiger partial charge in [-0.1, -0.05) is 12.1 Å². The molecular weight excluding hydrogens is 320 g/mol. The lowest BCUT2D eigenvalue weighted by Crippen LogP contribution is -2.33. The maximum Gasteiger partial charge on any atom is 0.236 e. The van der Waals surface area contributed by atoms with Gasteiger partial charge in [-0.2, -0.15) is 0 Å². The van der Waals surface area contributed by atoms with Crippen LogP contribution >= 0.6 is 0 Å². The third-order valence-electron chi connectivity index (χ3n) is 3.90. The van der Waals surface area contributed by atoms with E-state index in [9.17, 15) is 9.59 Å². The molecule has 0 radical (unpaired) electrons. The fourth-order valence-corrected chi connectivity index (χ4v) is 2.71. The normalized spacial score (nSPS) is 11.9. The second-order valence-corrected chi connectivity index (χ2v) is 5.77. The molecule has 2 amide bonds. The monoisotopic (exact) mass is 340 g/mol. The molecule has 0 atom stereocenters. The number of fused-ring (bicyclic) bond motifs is 1. The van der Waals surface area contributed by atoms with E-state index in [-0.39, 0.29) is 25.0 Å². The highest BCUT2D eigenvalue weighted by Gasteiger charge is 2.19. The number of ether oxygens (including phenoxy) is 2. The van der Waals surface area contributed by atoms with Crippen LogP contribution in [0.25, 0.3) is 0 Å². The van der Waals surface area contributed by atoms with E-state index in [1.54, 1.807) is 23.1 Å². The molecule has 0 aromatic heterocycles. The Bertz CT molecular complexity index is 804. The lowest BCUT2D eigenvalue weighted by Gasteiger charge is -2.21. The molecule has 0 unspecified atom stereocenters. The number of hydrogen-bond donors (Lipinski definition) is 1. The van der Waals surface area contributed by atoms with Crippen LogP contribution in [-0.4, -0.2) is 25.2 Å². The van der Waals surface area contributed by atoms with Gasteiger partial charge in [0.1, 0.15) is 6.42 Å². The second kappa shape index (κ2) is 7.25. The summed E-state index contributed by atoms with van der Waals surface area (Å²) in [7, 11) is 0. The van der Waals surface area contributed by atoms with E-state index < -0.39 is 0 Å². The standard InChI is InChI=1S/C19H20N2O4/c1-3-21(15-6-4-5-13(2)9-15)19(23)11-18(22)20-14-7-8-16-17(10-14)25-12-24-16/h4-10H,3,11-12H2,1-2H3,(H,20,22). The molecule has 25 heavy (non-hydrogen) atoms. The highest BCUT2D eigenvalue weighted by molar-refractivity contribution is 6.09. The van der Waals surface area contributed by atoms with E-state index in [0.29, 0.717) is 23.7 Å². The van der Waals surface area contributed by atoms with E-state index in [2.05, 4.69) is 5.32 Å². The van der Waals surface area contributed by atoms with Crippen LogP contribution in [0.15, 0.2) is 42.5 Å². The fourth-order valence-electron chi connectivity index (χ4n) is 2.71. The molecule has 6 heteroatoms. The van der Waals surface area contributed by atoms with Gasteiger partial charge in [0, 0.05) is 24.0 Å². The molecule has 0 aliphatic carbocycles. The molecule has 0 spiro atoms. The van der Waals surface area contributed by atoms with Crippen LogP contribution < -0.4 is 19.7 Å². The number of hydrogen-bond acceptors (Lipinski definition) is 4. The minimum absolute atomic E-state index is 0.174. The summed E-state index contributed by atoms with van der Waals surface area (Å²) in [6.07, 6.45) is -0.226. The molecular formula is C19H20N2O4. The van der Waals surface area contributed by atoms with Gasteiger partial charge in [-0.25, -0.2) is 0 Å². The number of carbonyl (C=O) groups is 2. The van der Waals surface area contributed by atoms with Gasteiger partial charge < -0.3 is 19.7 Å². The van der Waals surface area contributed by atoms with Crippen molar-refractivity contribution in [2.24, 2.45) is 0 Å². The van der Waals surface area contributed by atoms with Crippen molar-refractivity contribution in [3.63, 3.8) is 0 Å². The lowest BCUT2D eigenvalue weighted by atomic mass is 10.2. The van der Waals surface area contributed by atoms with Crippen molar-refractivity contribution >= 4 is 23.2 Å². The van der Waals surface area contributed by atoms with Gasteiger partial charge in [-0.15, -0.1) is 0 Å². The SMILES string of the molecule is CCN(C(=O)CC(=O)Nc1ccc2c(c1)OCO2)c1cccc(C)c1. The first kappa shape index (κ1) is 16.8. The Balaban J connectivity index is 1.64. The van der Waals surface area contributed by atoms with Crippen LogP contribution in [0.2, 0.25) is 0 Å². The third kappa shape index (κ3) is 3.91. The van der Waals surface area contributed by atoms with E-state index in [4.69, 9.17) is 9.47 Å². The molecule has 0 fully saturated rings. The largest absolute Gasteiger partial charge is 0.454 e. The Morgan fingerprint density at radius 2 is 1.92 bits per heavy atom. The van der Waals surface area contributed by atoms with E-state index in [0.717, 1.165) is 11.3 Å². The summed E-state index contributed by atoms with van der Waals surface area (Å²) >= 11 is 0. The number of aryl methyl sites for hydroxylation is 1. The van der Waals surface area contributed by atoms with Crippen LogP contribution in [0, 0.1) is 6.92 Å². The molecule has 1 aliphatic rings. The number of amides is 2. The van der Waals surface area contributed by atoms with Crippen LogP contribution in [0.1, 0.15) is 18.9 Å². The number of carbonyl (C=O) groups excluding carboxylic acids is 2. The van der Waals surface area contributed by atoms with Crippen LogP contribution in [0.4, 0.5) is 11.4 Å². The Labute approximate surface area is 146 Å². The number of benzene rings is 2. The first-order valence-corrected chi connectivity index (χ1v) is 8.13. The lowest BCUT2D eigenvalue weighted by molar-refractivity contribution is -0.125. The van der Waals surface area contributed by atoms with Crippen molar-refractivity contribution in [2.75, 3.05) is 23.6 Å². The predicted octanol–water partition coefficient (Wildman–Crippen LogP) is 3.11.